The van der Waals surface area contributed by atoms with Crippen LogP contribution in [-0.4, -0.2) is 35.5 Å². The van der Waals surface area contributed by atoms with Gasteiger partial charge in [0.25, 0.3) is 0 Å². The Morgan fingerprint density at radius 3 is 2.81 bits per heavy atom. The number of furan rings is 1. The maximum absolute atomic E-state index is 5.49. The van der Waals surface area contributed by atoms with Crippen molar-refractivity contribution in [2.75, 3.05) is 19.6 Å². The van der Waals surface area contributed by atoms with Crippen molar-refractivity contribution >= 4 is 11.3 Å². The summed E-state index contributed by atoms with van der Waals surface area (Å²) in [5, 5.41) is 2.17. The van der Waals surface area contributed by atoms with E-state index < -0.39 is 0 Å². The molecule has 3 nitrogen and oxygen atoms in total. The van der Waals surface area contributed by atoms with Crippen LogP contribution in [0.25, 0.3) is 0 Å². The van der Waals surface area contributed by atoms with Crippen LogP contribution in [0.15, 0.2) is 40.3 Å². The number of rotatable bonds is 5. The second-order valence-electron chi connectivity index (χ2n) is 6.18. The maximum Gasteiger partial charge on any atom is 0.117 e. The lowest BCUT2D eigenvalue weighted by molar-refractivity contribution is 0.0381. The van der Waals surface area contributed by atoms with E-state index in [1.54, 1.807) is 6.26 Å². The summed E-state index contributed by atoms with van der Waals surface area (Å²) in [6.45, 7) is 10.1. The molecule has 0 bridgehead atoms. The van der Waals surface area contributed by atoms with Crippen LogP contribution in [0.2, 0.25) is 0 Å². The van der Waals surface area contributed by atoms with Crippen molar-refractivity contribution in [3.8, 4) is 0 Å². The van der Waals surface area contributed by atoms with Crippen LogP contribution in [-0.2, 0) is 13.1 Å². The van der Waals surface area contributed by atoms with Gasteiger partial charge in [-0.15, -0.1) is 11.3 Å². The molecule has 0 radical (unpaired) electrons. The minimum Gasteiger partial charge on any atom is -0.468 e. The molecule has 1 atom stereocenters. The molecule has 0 N–H and O–H groups in total. The fourth-order valence-corrected chi connectivity index (χ4v) is 3.83. The molecule has 1 fully saturated rings. The minimum absolute atomic E-state index is 0.621. The highest BCUT2D eigenvalue weighted by atomic mass is 32.1. The maximum atomic E-state index is 5.49. The van der Waals surface area contributed by atoms with Crippen LogP contribution >= 0.6 is 11.3 Å². The van der Waals surface area contributed by atoms with Crippen molar-refractivity contribution in [1.82, 2.24) is 9.80 Å². The molecule has 2 aromatic heterocycles. The first-order valence-electron chi connectivity index (χ1n) is 7.73. The van der Waals surface area contributed by atoms with E-state index in [9.17, 15) is 0 Å². The number of piperazine rings is 1. The number of hydrogen-bond donors (Lipinski definition) is 0. The molecular weight excluding hydrogens is 280 g/mol. The quantitative estimate of drug-likeness (QED) is 0.840. The summed E-state index contributed by atoms with van der Waals surface area (Å²) in [7, 11) is 0. The molecule has 0 spiro atoms. The smallest absolute Gasteiger partial charge is 0.117 e. The van der Waals surface area contributed by atoms with Gasteiger partial charge in [0.15, 0.2) is 0 Å². The molecule has 0 amide bonds. The second-order valence-corrected chi connectivity index (χ2v) is 7.21. The molecule has 1 saturated heterocycles. The topological polar surface area (TPSA) is 19.6 Å². The Morgan fingerprint density at radius 1 is 1.24 bits per heavy atom. The zero-order valence-corrected chi connectivity index (χ0v) is 13.7. The van der Waals surface area contributed by atoms with Crippen molar-refractivity contribution < 1.29 is 4.42 Å². The van der Waals surface area contributed by atoms with Gasteiger partial charge in [-0.1, -0.05) is 19.9 Å². The number of hydrogen-bond acceptors (Lipinski definition) is 4. The molecular formula is C17H24N2OS. The van der Waals surface area contributed by atoms with Gasteiger partial charge < -0.3 is 4.42 Å². The van der Waals surface area contributed by atoms with Gasteiger partial charge in [0, 0.05) is 37.1 Å². The Hall–Kier alpha value is -1.10. The Morgan fingerprint density at radius 2 is 2.14 bits per heavy atom. The van der Waals surface area contributed by atoms with Gasteiger partial charge in [-0.25, -0.2) is 0 Å². The molecule has 1 aliphatic rings. The first-order chi connectivity index (χ1) is 10.2. The summed E-state index contributed by atoms with van der Waals surface area (Å²) in [5.74, 6) is 1.74. The number of nitrogens with zero attached hydrogens (tertiary/aromatic N) is 2. The van der Waals surface area contributed by atoms with E-state index in [4.69, 9.17) is 4.42 Å². The zero-order valence-electron chi connectivity index (χ0n) is 12.9. The highest BCUT2D eigenvalue weighted by Crippen LogP contribution is 2.22. The molecule has 114 valence electrons. The van der Waals surface area contributed by atoms with E-state index in [1.165, 1.54) is 4.88 Å². The summed E-state index contributed by atoms with van der Waals surface area (Å²) in [6, 6.07) is 9.07. The highest BCUT2D eigenvalue weighted by Gasteiger charge is 2.29. The first-order valence-corrected chi connectivity index (χ1v) is 8.61. The predicted octanol–water partition coefficient (Wildman–Crippen LogP) is 3.68. The van der Waals surface area contributed by atoms with Gasteiger partial charge in [-0.3, -0.25) is 9.80 Å². The van der Waals surface area contributed by atoms with E-state index in [0.717, 1.165) is 38.5 Å². The summed E-state index contributed by atoms with van der Waals surface area (Å²) < 4.78 is 5.49. The van der Waals surface area contributed by atoms with Crippen LogP contribution in [0.5, 0.6) is 0 Å². The van der Waals surface area contributed by atoms with E-state index >= 15 is 0 Å². The Bertz CT molecular complexity index is 521. The van der Waals surface area contributed by atoms with Gasteiger partial charge in [0.1, 0.15) is 5.76 Å². The van der Waals surface area contributed by atoms with Crippen LogP contribution in [0.3, 0.4) is 0 Å². The summed E-state index contributed by atoms with van der Waals surface area (Å²) >= 11 is 1.86. The normalized spacial score (nSPS) is 21.2. The predicted molar refractivity (Wildman–Crippen MR) is 87.3 cm³/mol. The zero-order chi connectivity index (χ0) is 14.7. The van der Waals surface area contributed by atoms with Gasteiger partial charge >= 0.3 is 0 Å². The van der Waals surface area contributed by atoms with Crippen molar-refractivity contribution in [3.63, 3.8) is 0 Å². The highest BCUT2D eigenvalue weighted by molar-refractivity contribution is 7.09. The Labute approximate surface area is 131 Å². The molecule has 1 aliphatic heterocycles. The van der Waals surface area contributed by atoms with Crippen LogP contribution in [0.1, 0.15) is 24.5 Å². The Kier molecular flexibility index (Phi) is 4.78. The van der Waals surface area contributed by atoms with Gasteiger partial charge in [-0.05, 0) is 29.5 Å². The third-order valence-electron chi connectivity index (χ3n) is 4.29. The molecule has 3 heterocycles. The van der Waals surface area contributed by atoms with Crippen molar-refractivity contribution in [3.05, 3.63) is 46.5 Å². The monoisotopic (exact) mass is 304 g/mol. The first kappa shape index (κ1) is 14.8. The van der Waals surface area contributed by atoms with Gasteiger partial charge in [0.2, 0.25) is 0 Å². The lowest BCUT2D eigenvalue weighted by atomic mass is 9.99. The van der Waals surface area contributed by atoms with Crippen molar-refractivity contribution in [2.45, 2.75) is 33.0 Å². The minimum atomic E-state index is 0.621. The molecule has 21 heavy (non-hydrogen) atoms. The van der Waals surface area contributed by atoms with E-state index in [1.807, 2.05) is 17.4 Å². The third kappa shape index (κ3) is 3.76. The lowest BCUT2D eigenvalue weighted by Gasteiger charge is -2.43. The van der Waals surface area contributed by atoms with Crippen LogP contribution in [0.4, 0.5) is 0 Å². The molecule has 4 heteroatoms. The Balaban J connectivity index is 1.62. The third-order valence-corrected chi connectivity index (χ3v) is 5.15. The van der Waals surface area contributed by atoms with E-state index in [2.05, 4.69) is 47.2 Å². The number of thiophene rings is 1. The van der Waals surface area contributed by atoms with Crippen LogP contribution < -0.4 is 0 Å². The lowest BCUT2D eigenvalue weighted by Crippen LogP contribution is -2.54. The molecule has 3 rings (SSSR count). The van der Waals surface area contributed by atoms with Crippen LogP contribution in [0, 0.1) is 5.92 Å². The fraction of sp³-hybridized carbons (Fsp3) is 0.529. The average Bonchev–Trinajstić information content (AvgIpc) is 3.13. The van der Waals surface area contributed by atoms with E-state index in [0.29, 0.717) is 12.0 Å². The second kappa shape index (κ2) is 6.77. The average molecular weight is 304 g/mol. The fourth-order valence-electron chi connectivity index (χ4n) is 3.11. The van der Waals surface area contributed by atoms with Gasteiger partial charge in [-0.2, -0.15) is 0 Å². The SMILES string of the molecule is CC(C)[C@H]1CN(Cc2ccco2)CCN1Cc1cccs1. The standard InChI is InChI=1S/C17H24N2OS/c1-14(2)17-13-18(11-15-5-3-9-20-15)7-8-19(17)12-16-6-4-10-21-16/h3-6,9-10,14,17H,7-8,11-13H2,1-2H3/t17-/m1/s1. The van der Waals surface area contributed by atoms with Crippen molar-refractivity contribution in [2.24, 2.45) is 5.92 Å². The summed E-state index contributed by atoms with van der Waals surface area (Å²) in [6.07, 6.45) is 1.77. The molecule has 0 aliphatic carbocycles. The van der Waals surface area contributed by atoms with E-state index in [-0.39, 0.29) is 0 Å². The molecule has 2 aromatic rings. The van der Waals surface area contributed by atoms with Gasteiger partial charge in [0.05, 0.1) is 12.8 Å². The molecule has 0 unspecified atom stereocenters. The summed E-state index contributed by atoms with van der Waals surface area (Å²) in [5.41, 5.74) is 0. The largest absolute Gasteiger partial charge is 0.468 e. The summed E-state index contributed by atoms with van der Waals surface area (Å²) in [4.78, 5) is 6.64. The molecule has 0 aromatic carbocycles. The van der Waals surface area contributed by atoms with Crippen molar-refractivity contribution in [1.29, 1.82) is 0 Å². The molecule has 0 saturated carbocycles.